The van der Waals surface area contributed by atoms with Gasteiger partial charge >= 0.3 is 11.9 Å². The van der Waals surface area contributed by atoms with Gasteiger partial charge in [-0.3, -0.25) is 4.79 Å². The Bertz CT molecular complexity index is 656. The zero-order chi connectivity index (χ0) is 17.2. The van der Waals surface area contributed by atoms with Crippen molar-refractivity contribution in [3.63, 3.8) is 0 Å². The molecule has 0 fully saturated rings. The van der Waals surface area contributed by atoms with Crippen molar-refractivity contribution in [2.24, 2.45) is 4.99 Å². The Morgan fingerprint density at radius 1 is 1.30 bits per heavy atom. The molecule has 7 nitrogen and oxygen atoms in total. The average Bonchev–Trinajstić information content (AvgIpc) is 2.83. The molecule has 23 heavy (non-hydrogen) atoms. The number of hydroxylamine groups is 2. The lowest BCUT2D eigenvalue weighted by molar-refractivity contribution is -0.205. The maximum atomic E-state index is 12.1. The first-order chi connectivity index (χ1) is 10.8. The summed E-state index contributed by atoms with van der Waals surface area (Å²) < 4.78 is 10.2. The third-order valence-electron chi connectivity index (χ3n) is 3.29. The number of esters is 2. The molecule has 2 rings (SSSR count). The highest BCUT2D eigenvalue weighted by Gasteiger charge is 2.50. The molecule has 0 aromatic heterocycles. The van der Waals surface area contributed by atoms with Gasteiger partial charge in [-0.05, 0) is 30.7 Å². The van der Waals surface area contributed by atoms with Crippen molar-refractivity contribution in [3.05, 3.63) is 33.8 Å². The first kappa shape index (κ1) is 17.4. The number of hydrogen-bond donors (Lipinski definition) is 0. The van der Waals surface area contributed by atoms with Gasteiger partial charge in [0.1, 0.15) is 6.42 Å². The van der Waals surface area contributed by atoms with Gasteiger partial charge in [0.15, 0.2) is 5.84 Å². The van der Waals surface area contributed by atoms with E-state index in [4.69, 9.17) is 9.57 Å². The molecule has 0 aliphatic carbocycles. The molecule has 124 valence electrons. The van der Waals surface area contributed by atoms with E-state index < -0.39 is 17.7 Å². The van der Waals surface area contributed by atoms with E-state index in [1.807, 2.05) is 25.1 Å². The Kier molecular flexibility index (Phi) is 5.06. The van der Waals surface area contributed by atoms with Crippen LogP contribution in [-0.4, -0.2) is 49.8 Å². The van der Waals surface area contributed by atoms with Crippen molar-refractivity contribution in [3.8, 4) is 0 Å². The summed E-state index contributed by atoms with van der Waals surface area (Å²) >= 11 is 3.42. The van der Waals surface area contributed by atoms with Gasteiger partial charge in [0.05, 0.1) is 14.2 Å². The van der Waals surface area contributed by atoms with Crippen LogP contribution in [0.1, 0.15) is 17.5 Å². The van der Waals surface area contributed by atoms with E-state index in [2.05, 4.69) is 25.7 Å². The fourth-order valence-electron chi connectivity index (χ4n) is 2.30. The molecule has 1 heterocycles. The van der Waals surface area contributed by atoms with Crippen LogP contribution in [-0.2, 0) is 23.9 Å². The van der Waals surface area contributed by atoms with E-state index in [1.165, 1.54) is 19.3 Å². The van der Waals surface area contributed by atoms with Crippen LogP contribution >= 0.6 is 15.9 Å². The van der Waals surface area contributed by atoms with Crippen LogP contribution < -0.4 is 0 Å². The van der Waals surface area contributed by atoms with Gasteiger partial charge in [-0.2, -0.15) is 0 Å². The third-order valence-corrected chi connectivity index (χ3v) is 3.75. The molecule has 0 radical (unpaired) electrons. The Morgan fingerprint density at radius 2 is 2.00 bits per heavy atom. The highest BCUT2D eigenvalue weighted by atomic mass is 79.9. The zero-order valence-electron chi connectivity index (χ0n) is 13.3. The van der Waals surface area contributed by atoms with Gasteiger partial charge in [-0.25, -0.2) is 19.7 Å². The number of carbonyl (C=O) groups excluding carboxylic acids is 2. The summed E-state index contributed by atoms with van der Waals surface area (Å²) in [7, 11) is 4.05. The van der Waals surface area contributed by atoms with E-state index >= 15 is 0 Å². The fourth-order valence-corrected chi connectivity index (χ4v) is 2.91. The van der Waals surface area contributed by atoms with Gasteiger partial charge in [-0.1, -0.05) is 15.9 Å². The number of amidine groups is 1. The molecular formula is C15H17BrN2O5. The van der Waals surface area contributed by atoms with E-state index in [0.717, 1.165) is 15.6 Å². The second-order valence-corrected chi connectivity index (χ2v) is 5.99. The van der Waals surface area contributed by atoms with Crippen molar-refractivity contribution in [1.82, 2.24) is 5.06 Å². The zero-order valence-corrected chi connectivity index (χ0v) is 14.8. The molecule has 1 unspecified atom stereocenters. The van der Waals surface area contributed by atoms with Gasteiger partial charge < -0.3 is 9.47 Å². The van der Waals surface area contributed by atoms with Crippen molar-refractivity contribution >= 4 is 33.7 Å². The summed E-state index contributed by atoms with van der Waals surface area (Å²) in [6.45, 7) is 1.94. The lowest BCUT2D eigenvalue weighted by atomic mass is 10.1. The highest BCUT2D eigenvalue weighted by Crippen LogP contribution is 2.31. The topological polar surface area (TPSA) is 77.4 Å². The van der Waals surface area contributed by atoms with Crippen molar-refractivity contribution < 1.29 is 23.9 Å². The normalized spacial score (nSPS) is 20.2. The van der Waals surface area contributed by atoms with Gasteiger partial charge in [0, 0.05) is 17.1 Å². The van der Waals surface area contributed by atoms with Crippen LogP contribution in [0.25, 0.3) is 0 Å². The Morgan fingerprint density at radius 3 is 2.57 bits per heavy atom. The highest BCUT2D eigenvalue weighted by molar-refractivity contribution is 9.10. The standard InChI is InChI=1S/C15H17BrN2O5/c1-9-5-10(7-11(16)6-9)13-17-15(14(20)22-4,23-18(13)2)8-12(19)21-3/h5-7H,8H2,1-4H3. The molecule has 1 aliphatic rings. The second kappa shape index (κ2) is 6.67. The van der Waals surface area contributed by atoms with E-state index in [1.54, 1.807) is 7.05 Å². The monoisotopic (exact) mass is 384 g/mol. The van der Waals surface area contributed by atoms with Crippen molar-refractivity contribution in [2.45, 2.75) is 19.1 Å². The van der Waals surface area contributed by atoms with Crippen molar-refractivity contribution in [1.29, 1.82) is 0 Å². The molecular weight excluding hydrogens is 368 g/mol. The van der Waals surface area contributed by atoms with Gasteiger partial charge in [-0.15, -0.1) is 0 Å². The number of ether oxygens (including phenoxy) is 2. The van der Waals surface area contributed by atoms with E-state index in [-0.39, 0.29) is 6.42 Å². The quantitative estimate of drug-likeness (QED) is 0.736. The van der Waals surface area contributed by atoms with E-state index in [9.17, 15) is 9.59 Å². The Hall–Kier alpha value is -1.93. The first-order valence-electron chi connectivity index (χ1n) is 6.77. The second-order valence-electron chi connectivity index (χ2n) is 5.07. The van der Waals surface area contributed by atoms with Crippen LogP contribution in [0.5, 0.6) is 0 Å². The number of hydrogen-bond acceptors (Lipinski definition) is 7. The van der Waals surface area contributed by atoms with Crippen LogP contribution in [0.2, 0.25) is 0 Å². The summed E-state index contributed by atoms with van der Waals surface area (Å²) in [5.74, 6) is -0.973. The molecule has 0 N–H and O–H groups in total. The molecule has 0 bridgehead atoms. The maximum absolute atomic E-state index is 12.1. The van der Waals surface area contributed by atoms with Crippen LogP contribution in [0.15, 0.2) is 27.7 Å². The number of methoxy groups -OCH3 is 2. The minimum absolute atomic E-state index is 0.378. The molecule has 1 atom stereocenters. The average molecular weight is 385 g/mol. The first-order valence-corrected chi connectivity index (χ1v) is 7.56. The third kappa shape index (κ3) is 3.53. The predicted octanol–water partition coefficient (Wildman–Crippen LogP) is 1.81. The molecule has 1 aromatic carbocycles. The number of halogens is 1. The Labute approximate surface area is 142 Å². The van der Waals surface area contributed by atoms with Gasteiger partial charge in [0.25, 0.3) is 5.72 Å². The number of rotatable bonds is 4. The molecule has 8 heteroatoms. The minimum atomic E-state index is -1.78. The predicted molar refractivity (Wildman–Crippen MR) is 85.6 cm³/mol. The van der Waals surface area contributed by atoms with Gasteiger partial charge in [0.2, 0.25) is 0 Å². The summed E-state index contributed by atoms with van der Waals surface area (Å²) in [6, 6.07) is 5.69. The minimum Gasteiger partial charge on any atom is -0.469 e. The number of benzene rings is 1. The largest absolute Gasteiger partial charge is 0.469 e. The van der Waals surface area contributed by atoms with Crippen molar-refractivity contribution in [2.75, 3.05) is 21.3 Å². The lowest BCUT2D eigenvalue weighted by Crippen LogP contribution is -2.42. The fraction of sp³-hybridized carbons (Fsp3) is 0.400. The Balaban J connectivity index is 2.48. The van der Waals surface area contributed by atoms with Crippen LogP contribution in [0.4, 0.5) is 0 Å². The summed E-state index contributed by atoms with van der Waals surface area (Å²) in [6.07, 6.45) is -0.378. The molecule has 0 saturated carbocycles. The number of carbonyl (C=O) groups is 2. The summed E-state index contributed by atoms with van der Waals surface area (Å²) in [4.78, 5) is 33.7. The van der Waals surface area contributed by atoms with Crippen LogP contribution in [0.3, 0.4) is 0 Å². The molecule has 0 amide bonds. The number of aryl methyl sites for hydroxylation is 1. The smallest absolute Gasteiger partial charge is 0.364 e. The molecule has 0 saturated heterocycles. The molecule has 1 aromatic rings. The lowest BCUT2D eigenvalue weighted by Gasteiger charge is -2.22. The number of nitrogens with zero attached hydrogens (tertiary/aromatic N) is 2. The molecule has 0 spiro atoms. The molecule has 1 aliphatic heterocycles. The van der Waals surface area contributed by atoms with Crippen LogP contribution in [0, 0.1) is 6.92 Å². The summed E-state index contributed by atoms with van der Waals surface area (Å²) in [5, 5.41) is 1.35. The van der Waals surface area contributed by atoms with E-state index in [0.29, 0.717) is 5.84 Å². The maximum Gasteiger partial charge on any atom is 0.364 e. The SMILES string of the molecule is COC(=O)CC1(C(=O)OC)N=C(c2cc(C)cc(Br)c2)N(C)O1. The number of aliphatic imine (C=N–C) groups is 1. The summed E-state index contributed by atoms with van der Waals surface area (Å²) in [5.41, 5.74) is -0.0219.